The number of hydrogen-bond donors (Lipinski definition) is 4. The topological polar surface area (TPSA) is 79.2 Å². The van der Waals surface area contributed by atoms with E-state index < -0.39 is 0 Å². The summed E-state index contributed by atoms with van der Waals surface area (Å²) in [5.74, 6) is -0.0501. The standard InChI is InChI=1S/C24H34N4O/c1-17(2)27-22-13-12-21(26-16-20-10-8-18(3)9-11-20)15-23(22)28-24(29)19(4)7-5-6-14-25/h8-13,15,19,26-27H,1,5-7,14,16,25H2,2-4H3,(H,28,29). The Kier molecular flexibility index (Phi) is 8.74. The van der Waals surface area contributed by atoms with Crippen LogP contribution in [-0.4, -0.2) is 12.5 Å². The molecular weight excluding hydrogens is 360 g/mol. The normalized spacial score (nSPS) is 11.6. The van der Waals surface area contributed by atoms with Gasteiger partial charge in [-0.2, -0.15) is 0 Å². The second kappa shape index (κ2) is 11.3. The summed E-state index contributed by atoms with van der Waals surface area (Å²) in [7, 11) is 0. The summed E-state index contributed by atoms with van der Waals surface area (Å²) in [5.41, 5.74) is 11.3. The number of hydrogen-bond acceptors (Lipinski definition) is 4. The SMILES string of the molecule is C=C(C)Nc1ccc(NCc2ccc(C)cc2)cc1NC(=O)C(C)CCCCN. The predicted octanol–water partition coefficient (Wildman–Crippen LogP) is 5.26. The van der Waals surface area contributed by atoms with Crippen LogP contribution in [0.2, 0.25) is 0 Å². The van der Waals surface area contributed by atoms with Crippen LogP contribution in [0.5, 0.6) is 0 Å². The van der Waals surface area contributed by atoms with E-state index in [2.05, 4.69) is 53.7 Å². The Hall–Kier alpha value is -2.79. The molecule has 2 rings (SSSR count). The first-order valence-corrected chi connectivity index (χ1v) is 10.3. The van der Waals surface area contributed by atoms with Crippen molar-refractivity contribution in [1.82, 2.24) is 0 Å². The monoisotopic (exact) mass is 394 g/mol. The Morgan fingerprint density at radius 3 is 2.45 bits per heavy atom. The molecule has 0 fully saturated rings. The number of nitrogens with two attached hydrogens (primary N) is 1. The number of aryl methyl sites for hydroxylation is 1. The van der Waals surface area contributed by atoms with Gasteiger partial charge in [0.05, 0.1) is 11.4 Å². The number of rotatable bonds is 11. The van der Waals surface area contributed by atoms with Crippen molar-refractivity contribution in [3.8, 4) is 0 Å². The number of carbonyl (C=O) groups excluding carboxylic acids is 1. The third kappa shape index (κ3) is 7.62. The van der Waals surface area contributed by atoms with Gasteiger partial charge < -0.3 is 21.7 Å². The van der Waals surface area contributed by atoms with Gasteiger partial charge in [0.1, 0.15) is 0 Å². The molecule has 0 aliphatic heterocycles. The molecule has 1 amide bonds. The number of carbonyl (C=O) groups is 1. The molecule has 5 nitrogen and oxygen atoms in total. The van der Waals surface area contributed by atoms with E-state index in [0.29, 0.717) is 6.54 Å². The van der Waals surface area contributed by atoms with Gasteiger partial charge in [-0.05, 0) is 57.0 Å². The molecule has 1 unspecified atom stereocenters. The first-order chi connectivity index (χ1) is 13.9. The molecule has 0 bridgehead atoms. The minimum Gasteiger partial charge on any atom is -0.381 e. The molecule has 0 spiro atoms. The van der Waals surface area contributed by atoms with Gasteiger partial charge in [-0.3, -0.25) is 4.79 Å². The summed E-state index contributed by atoms with van der Waals surface area (Å²) in [6.07, 6.45) is 2.73. The number of amides is 1. The summed E-state index contributed by atoms with van der Waals surface area (Å²) < 4.78 is 0. The van der Waals surface area contributed by atoms with E-state index in [-0.39, 0.29) is 11.8 Å². The predicted molar refractivity (Wildman–Crippen MR) is 124 cm³/mol. The van der Waals surface area contributed by atoms with E-state index in [1.807, 2.05) is 32.0 Å². The fourth-order valence-electron chi connectivity index (χ4n) is 2.99. The zero-order valence-corrected chi connectivity index (χ0v) is 17.8. The Morgan fingerprint density at radius 2 is 1.79 bits per heavy atom. The van der Waals surface area contributed by atoms with Gasteiger partial charge in [0.25, 0.3) is 0 Å². The zero-order valence-electron chi connectivity index (χ0n) is 17.8. The van der Waals surface area contributed by atoms with Crippen LogP contribution in [0.25, 0.3) is 0 Å². The number of anilines is 3. The molecule has 156 valence electrons. The van der Waals surface area contributed by atoms with Gasteiger partial charge in [0, 0.05) is 23.8 Å². The molecule has 0 aromatic heterocycles. The number of nitrogens with one attached hydrogen (secondary N) is 3. The second-order valence-corrected chi connectivity index (χ2v) is 7.68. The van der Waals surface area contributed by atoms with Gasteiger partial charge in [-0.1, -0.05) is 49.8 Å². The molecule has 0 radical (unpaired) electrons. The molecule has 5 heteroatoms. The van der Waals surface area contributed by atoms with Crippen molar-refractivity contribution in [2.75, 3.05) is 22.5 Å². The van der Waals surface area contributed by atoms with Crippen molar-refractivity contribution in [3.05, 3.63) is 65.9 Å². The minimum absolute atomic E-state index is 0.0162. The molecule has 0 heterocycles. The Bertz CT molecular complexity index is 814. The summed E-state index contributed by atoms with van der Waals surface area (Å²) in [6, 6.07) is 14.4. The van der Waals surface area contributed by atoms with Crippen molar-refractivity contribution < 1.29 is 4.79 Å². The number of benzene rings is 2. The van der Waals surface area contributed by atoms with Gasteiger partial charge >= 0.3 is 0 Å². The first kappa shape index (κ1) is 22.5. The summed E-state index contributed by atoms with van der Waals surface area (Å²) in [6.45, 7) is 11.2. The molecule has 2 aromatic carbocycles. The fraction of sp³-hybridized carbons (Fsp3) is 0.375. The Morgan fingerprint density at radius 1 is 1.07 bits per heavy atom. The van der Waals surface area contributed by atoms with Crippen LogP contribution in [0.3, 0.4) is 0 Å². The Balaban J connectivity index is 2.09. The van der Waals surface area contributed by atoms with Crippen LogP contribution in [0, 0.1) is 12.8 Å². The van der Waals surface area contributed by atoms with E-state index in [4.69, 9.17) is 5.73 Å². The summed E-state index contributed by atoms with van der Waals surface area (Å²) in [4.78, 5) is 12.7. The molecule has 0 aliphatic rings. The smallest absolute Gasteiger partial charge is 0.227 e. The third-order valence-corrected chi connectivity index (χ3v) is 4.78. The zero-order chi connectivity index (χ0) is 21.2. The van der Waals surface area contributed by atoms with Gasteiger partial charge in [-0.25, -0.2) is 0 Å². The lowest BCUT2D eigenvalue weighted by Gasteiger charge is -2.18. The maximum atomic E-state index is 12.7. The van der Waals surface area contributed by atoms with Crippen molar-refractivity contribution in [1.29, 1.82) is 0 Å². The molecule has 0 saturated heterocycles. The van der Waals surface area contributed by atoms with Crippen LogP contribution in [0.15, 0.2) is 54.7 Å². The summed E-state index contributed by atoms with van der Waals surface area (Å²) >= 11 is 0. The first-order valence-electron chi connectivity index (χ1n) is 10.3. The highest BCUT2D eigenvalue weighted by Gasteiger charge is 2.15. The fourth-order valence-corrected chi connectivity index (χ4v) is 2.99. The molecule has 0 saturated carbocycles. The average molecular weight is 395 g/mol. The van der Waals surface area contributed by atoms with E-state index in [1.165, 1.54) is 11.1 Å². The van der Waals surface area contributed by atoms with E-state index in [9.17, 15) is 4.79 Å². The third-order valence-electron chi connectivity index (χ3n) is 4.78. The van der Waals surface area contributed by atoms with Crippen LogP contribution < -0.4 is 21.7 Å². The highest BCUT2D eigenvalue weighted by Crippen LogP contribution is 2.28. The van der Waals surface area contributed by atoms with Crippen LogP contribution in [0.1, 0.15) is 44.2 Å². The van der Waals surface area contributed by atoms with E-state index >= 15 is 0 Å². The summed E-state index contributed by atoms with van der Waals surface area (Å²) in [5, 5.41) is 9.73. The second-order valence-electron chi connectivity index (χ2n) is 7.68. The van der Waals surface area contributed by atoms with Crippen molar-refractivity contribution in [2.45, 2.75) is 46.6 Å². The molecule has 0 aliphatic carbocycles. The van der Waals surface area contributed by atoms with Crippen LogP contribution in [-0.2, 0) is 11.3 Å². The number of allylic oxidation sites excluding steroid dienone is 1. The molecule has 29 heavy (non-hydrogen) atoms. The van der Waals surface area contributed by atoms with Gasteiger partial charge in [-0.15, -0.1) is 0 Å². The van der Waals surface area contributed by atoms with Gasteiger partial charge in [0.15, 0.2) is 0 Å². The molecule has 1 atom stereocenters. The quantitative estimate of drug-likeness (QED) is 0.392. The minimum atomic E-state index is -0.0663. The lowest BCUT2D eigenvalue weighted by atomic mass is 10.0. The highest BCUT2D eigenvalue weighted by atomic mass is 16.1. The van der Waals surface area contributed by atoms with Crippen LogP contribution in [0.4, 0.5) is 17.1 Å². The largest absolute Gasteiger partial charge is 0.381 e. The van der Waals surface area contributed by atoms with E-state index in [1.54, 1.807) is 0 Å². The molecule has 2 aromatic rings. The van der Waals surface area contributed by atoms with Crippen LogP contribution >= 0.6 is 0 Å². The van der Waals surface area contributed by atoms with Crippen molar-refractivity contribution in [2.24, 2.45) is 11.7 Å². The number of unbranched alkanes of at least 4 members (excludes halogenated alkanes) is 1. The molecule has 5 N–H and O–H groups in total. The lowest BCUT2D eigenvalue weighted by molar-refractivity contribution is -0.119. The maximum absolute atomic E-state index is 12.7. The van der Waals surface area contributed by atoms with E-state index in [0.717, 1.165) is 48.6 Å². The van der Waals surface area contributed by atoms with Gasteiger partial charge in [0.2, 0.25) is 5.91 Å². The molecular formula is C24H34N4O. The Labute approximate surface area is 174 Å². The lowest BCUT2D eigenvalue weighted by Crippen LogP contribution is -2.21. The maximum Gasteiger partial charge on any atom is 0.227 e. The van der Waals surface area contributed by atoms with Crippen molar-refractivity contribution >= 4 is 23.0 Å². The highest BCUT2D eigenvalue weighted by molar-refractivity contribution is 5.96. The van der Waals surface area contributed by atoms with Crippen molar-refractivity contribution in [3.63, 3.8) is 0 Å². The average Bonchev–Trinajstić information content (AvgIpc) is 2.69.